The lowest BCUT2D eigenvalue weighted by Crippen LogP contribution is -2.27. The molecule has 2 aromatic rings. The quantitative estimate of drug-likeness (QED) is 0.757. The first-order chi connectivity index (χ1) is 10.3. The van der Waals surface area contributed by atoms with Crippen molar-refractivity contribution in [2.45, 2.75) is 9.96 Å². The SMILES string of the molecule is O=C(c1ccccc1)C1(SCc2ccccc2)N=NCS1. The highest BCUT2D eigenvalue weighted by molar-refractivity contribution is 8.19. The molecule has 0 saturated carbocycles. The van der Waals surface area contributed by atoms with Gasteiger partial charge in [0.15, 0.2) is 0 Å². The highest BCUT2D eigenvalue weighted by Gasteiger charge is 2.43. The second kappa shape index (κ2) is 6.45. The van der Waals surface area contributed by atoms with Crippen LogP contribution in [0.2, 0.25) is 0 Å². The van der Waals surface area contributed by atoms with E-state index in [0.717, 1.165) is 5.75 Å². The number of carbonyl (C=O) groups is 1. The zero-order valence-electron chi connectivity index (χ0n) is 11.3. The van der Waals surface area contributed by atoms with Crippen LogP contribution in [0.3, 0.4) is 0 Å². The number of Topliss-reactive ketones (excluding diaryl/α,β-unsaturated/α-hetero) is 1. The molecule has 0 bridgehead atoms. The summed E-state index contributed by atoms with van der Waals surface area (Å²) in [5, 5.41) is 8.30. The van der Waals surface area contributed by atoms with Crippen molar-refractivity contribution in [3.63, 3.8) is 0 Å². The van der Waals surface area contributed by atoms with Gasteiger partial charge in [-0.2, -0.15) is 10.2 Å². The maximum absolute atomic E-state index is 12.8. The van der Waals surface area contributed by atoms with Gasteiger partial charge in [-0.05, 0) is 5.56 Å². The van der Waals surface area contributed by atoms with Crippen LogP contribution < -0.4 is 0 Å². The molecule has 0 amide bonds. The summed E-state index contributed by atoms with van der Waals surface area (Å²) in [4.78, 5) is 12.8. The van der Waals surface area contributed by atoms with Crippen molar-refractivity contribution in [2.24, 2.45) is 10.2 Å². The lowest BCUT2D eigenvalue weighted by molar-refractivity contribution is 0.0980. The van der Waals surface area contributed by atoms with Gasteiger partial charge < -0.3 is 0 Å². The van der Waals surface area contributed by atoms with E-state index in [1.165, 1.54) is 17.3 Å². The Hall–Kier alpha value is -1.59. The van der Waals surface area contributed by atoms with Crippen LogP contribution in [0.1, 0.15) is 15.9 Å². The summed E-state index contributed by atoms with van der Waals surface area (Å²) < 4.78 is -0.836. The van der Waals surface area contributed by atoms with Crippen LogP contribution in [-0.4, -0.2) is 15.9 Å². The van der Waals surface area contributed by atoms with E-state index in [2.05, 4.69) is 22.4 Å². The normalized spacial score (nSPS) is 20.6. The van der Waals surface area contributed by atoms with Crippen LogP contribution in [0.25, 0.3) is 0 Å². The zero-order valence-corrected chi connectivity index (χ0v) is 12.9. The maximum atomic E-state index is 12.8. The van der Waals surface area contributed by atoms with E-state index in [0.29, 0.717) is 11.4 Å². The van der Waals surface area contributed by atoms with Crippen molar-refractivity contribution in [1.82, 2.24) is 0 Å². The smallest absolute Gasteiger partial charge is 0.237 e. The van der Waals surface area contributed by atoms with Gasteiger partial charge in [0.05, 0.1) is 0 Å². The summed E-state index contributed by atoms with van der Waals surface area (Å²) in [5.41, 5.74) is 1.87. The van der Waals surface area contributed by atoms with E-state index in [4.69, 9.17) is 0 Å². The summed E-state index contributed by atoms with van der Waals surface area (Å²) in [6.07, 6.45) is 0. The number of hydrogen-bond acceptors (Lipinski definition) is 5. The first-order valence-corrected chi connectivity index (χ1v) is 8.58. The van der Waals surface area contributed by atoms with Gasteiger partial charge in [-0.25, -0.2) is 0 Å². The molecule has 0 aliphatic carbocycles. The number of carbonyl (C=O) groups excluding carboxylic acids is 1. The van der Waals surface area contributed by atoms with E-state index in [1.54, 1.807) is 11.8 Å². The van der Waals surface area contributed by atoms with Gasteiger partial charge in [0.2, 0.25) is 9.99 Å². The minimum Gasteiger partial charge on any atom is -0.289 e. The third kappa shape index (κ3) is 3.19. The second-order valence-corrected chi connectivity index (χ2v) is 7.13. The number of hydrogen-bond donors (Lipinski definition) is 0. The van der Waals surface area contributed by atoms with Gasteiger partial charge in [0, 0.05) is 11.3 Å². The second-order valence-electron chi connectivity index (χ2n) is 4.57. The molecule has 0 aromatic heterocycles. The van der Waals surface area contributed by atoms with Crippen molar-refractivity contribution >= 4 is 29.3 Å². The molecule has 0 saturated heterocycles. The predicted molar refractivity (Wildman–Crippen MR) is 88.6 cm³/mol. The molecule has 0 fully saturated rings. The fourth-order valence-corrected chi connectivity index (χ4v) is 4.28. The summed E-state index contributed by atoms with van der Waals surface area (Å²) in [6.45, 7) is 0. The molecule has 1 unspecified atom stereocenters. The lowest BCUT2D eigenvalue weighted by atomic mass is 10.1. The van der Waals surface area contributed by atoms with Crippen molar-refractivity contribution in [1.29, 1.82) is 0 Å². The molecule has 0 spiro atoms. The predicted octanol–water partition coefficient (Wildman–Crippen LogP) is 4.61. The molecule has 2 aromatic carbocycles. The van der Waals surface area contributed by atoms with E-state index < -0.39 is 4.20 Å². The highest BCUT2D eigenvalue weighted by Crippen LogP contribution is 2.46. The molecule has 3 nitrogen and oxygen atoms in total. The Morgan fingerprint density at radius 3 is 2.38 bits per heavy atom. The number of nitrogens with zero attached hydrogens (tertiary/aromatic N) is 2. The summed E-state index contributed by atoms with van der Waals surface area (Å²) in [6, 6.07) is 19.4. The molecular weight excluding hydrogens is 300 g/mol. The Labute approximate surface area is 132 Å². The summed E-state index contributed by atoms with van der Waals surface area (Å²) >= 11 is 3.03. The third-order valence-corrected chi connectivity index (χ3v) is 5.87. The fraction of sp³-hybridized carbons (Fsp3) is 0.188. The maximum Gasteiger partial charge on any atom is 0.237 e. The standard InChI is InChI=1S/C16H14N2OS2/c19-15(14-9-5-2-6-10-14)16(18-17-12-21-16)20-11-13-7-3-1-4-8-13/h1-10H,11-12H2. The number of thioether (sulfide) groups is 2. The third-order valence-electron chi connectivity index (χ3n) is 3.12. The molecule has 3 rings (SSSR count). The number of benzene rings is 2. The molecule has 0 radical (unpaired) electrons. The monoisotopic (exact) mass is 314 g/mol. The van der Waals surface area contributed by atoms with Gasteiger partial charge in [0.25, 0.3) is 0 Å². The van der Waals surface area contributed by atoms with Gasteiger partial charge in [0.1, 0.15) is 5.88 Å². The Kier molecular flexibility index (Phi) is 4.41. The van der Waals surface area contributed by atoms with E-state index in [-0.39, 0.29) is 5.78 Å². The fourth-order valence-electron chi connectivity index (χ4n) is 2.04. The zero-order chi connectivity index (χ0) is 14.5. The lowest BCUT2D eigenvalue weighted by Gasteiger charge is -2.21. The average molecular weight is 314 g/mol. The minimum absolute atomic E-state index is 0.0234. The van der Waals surface area contributed by atoms with Crippen LogP contribution in [0.5, 0.6) is 0 Å². The Bertz CT molecular complexity index is 646. The largest absolute Gasteiger partial charge is 0.289 e. The highest BCUT2D eigenvalue weighted by atomic mass is 32.2. The molecule has 5 heteroatoms. The van der Waals surface area contributed by atoms with Gasteiger partial charge in [-0.1, -0.05) is 72.4 Å². The minimum atomic E-state index is -0.836. The van der Waals surface area contributed by atoms with Gasteiger partial charge >= 0.3 is 0 Å². The van der Waals surface area contributed by atoms with Crippen LogP contribution in [0, 0.1) is 0 Å². The Morgan fingerprint density at radius 2 is 1.76 bits per heavy atom. The molecule has 0 N–H and O–H groups in total. The summed E-state index contributed by atoms with van der Waals surface area (Å²) in [5.74, 6) is 1.31. The molecule has 1 aliphatic heterocycles. The van der Waals surface area contributed by atoms with Crippen LogP contribution in [-0.2, 0) is 5.75 Å². The number of azo groups is 1. The molecule has 21 heavy (non-hydrogen) atoms. The van der Waals surface area contributed by atoms with Crippen LogP contribution >= 0.6 is 23.5 Å². The molecule has 1 heterocycles. The average Bonchev–Trinajstić information content (AvgIpc) is 3.04. The number of ketones is 1. The van der Waals surface area contributed by atoms with E-state index >= 15 is 0 Å². The van der Waals surface area contributed by atoms with E-state index in [1.807, 2.05) is 48.5 Å². The van der Waals surface area contributed by atoms with E-state index in [9.17, 15) is 4.79 Å². The first kappa shape index (κ1) is 14.4. The van der Waals surface area contributed by atoms with Crippen molar-refractivity contribution in [3.05, 3.63) is 71.8 Å². The molecule has 106 valence electrons. The van der Waals surface area contributed by atoms with Crippen LogP contribution in [0.15, 0.2) is 70.9 Å². The number of rotatable bonds is 5. The van der Waals surface area contributed by atoms with Crippen LogP contribution in [0.4, 0.5) is 0 Å². The van der Waals surface area contributed by atoms with Crippen molar-refractivity contribution in [3.8, 4) is 0 Å². The molecular formula is C16H14N2OS2. The van der Waals surface area contributed by atoms with Crippen molar-refractivity contribution < 1.29 is 4.79 Å². The van der Waals surface area contributed by atoms with Gasteiger partial charge in [-0.15, -0.1) is 11.8 Å². The first-order valence-electron chi connectivity index (χ1n) is 6.60. The molecule has 1 atom stereocenters. The summed E-state index contributed by atoms with van der Waals surface area (Å²) in [7, 11) is 0. The Balaban J connectivity index is 1.80. The van der Waals surface area contributed by atoms with Gasteiger partial charge in [-0.3, -0.25) is 4.79 Å². The molecule has 1 aliphatic rings. The Morgan fingerprint density at radius 1 is 1.10 bits per heavy atom. The topological polar surface area (TPSA) is 41.8 Å². The van der Waals surface area contributed by atoms with Crippen molar-refractivity contribution in [2.75, 3.05) is 5.88 Å².